The molecule has 2 rings (SSSR count). The molecule has 1 unspecified atom stereocenters. The van der Waals surface area contributed by atoms with Crippen LogP contribution in [0, 0.1) is 11.3 Å². The second-order valence-corrected chi connectivity index (χ2v) is 3.91. The molecular formula is C13H13N3O. The lowest BCUT2D eigenvalue weighted by atomic mass is 10.1. The van der Waals surface area contributed by atoms with Crippen LogP contribution in [0.1, 0.15) is 30.0 Å². The first-order valence-electron chi connectivity index (χ1n) is 5.38. The van der Waals surface area contributed by atoms with Gasteiger partial charge in [0.1, 0.15) is 6.23 Å². The van der Waals surface area contributed by atoms with Crippen LogP contribution in [-0.4, -0.2) is 14.7 Å². The van der Waals surface area contributed by atoms with Crippen molar-refractivity contribution < 1.29 is 5.11 Å². The van der Waals surface area contributed by atoms with Crippen molar-refractivity contribution in [2.24, 2.45) is 0 Å². The SMILES string of the molecule is CC(O)n1cncc1Cc1ccc(C#N)cc1. The fraction of sp³-hybridized carbons (Fsp3) is 0.231. The molecule has 0 saturated carbocycles. The Bertz CT molecular complexity index is 535. The Morgan fingerprint density at radius 1 is 1.41 bits per heavy atom. The van der Waals surface area contributed by atoms with Crippen LogP contribution in [0.15, 0.2) is 36.8 Å². The Hall–Kier alpha value is -2.12. The van der Waals surface area contributed by atoms with E-state index in [2.05, 4.69) is 11.1 Å². The van der Waals surface area contributed by atoms with E-state index in [1.54, 1.807) is 36.1 Å². The van der Waals surface area contributed by atoms with Crippen LogP contribution in [0.4, 0.5) is 0 Å². The summed E-state index contributed by atoms with van der Waals surface area (Å²) >= 11 is 0. The van der Waals surface area contributed by atoms with Gasteiger partial charge in [-0.3, -0.25) is 0 Å². The number of nitriles is 1. The highest BCUT2D eigenvalue weighted by Gasteiger charge is 2.06. The third-order valence-electron chi connectivity index (χ3n) is 2.62. The fourth-order valence-corrected chi connectivity index (χ4v) is 1.71. The molecule has 1 atom stereocenters. The quantitative estimate of drug-likeness (QED) is 0.870. The van der Waals surface area contributed by atoms with Crippen molar-refractivity contribution in [3.05, 3.63) is 53.6 Å². The van der Waals surface area contributed by atoms with Crippen molar-refractivity contribution in [2.75, 3.05) is 0 Å². The van der Waals surface area contributed by atoms with Crippen molar-refractivity contribution in [3.8, 4) is 6.07 Å². The summed E-state index contributed by atoms with van der Waals surface area (Å²) in [7, 11) is 0. The van der Waals surface area contributed by atoms with Crippen molar-refractivity contribution >= 4 is 0 Å². The highest BCUT2D eigenvalue weighted by Crippen LogP contribution is 2.13. The van der Waals surface area contributed by atoms with Gasteiger partial charge in [0.25, 0.3) is 0 Å². The molecule has 0 fully saturated rings. The van der Waals surface area contributed by atoms with E-state index in [1.165, 1.54) is 0 Å². The third kappa shape index (κ3) is 2.52. The summed E-state index contributed by atoms with van der Waals surface area (Å²) in [6, 6.07) is 9.49. The molecule has 1 N–H and O–H groups in total. The van der Waals surface area contributed by atoms with Crippen molar-refractivity contribution in [2.45, 2.75) is 19.6 Å². The lowest BCUT2D eigenvalue weighted by molar-refractivity contribution is 0.122. The summed E-state index contributed by atoms with van der Waals surface area (Å²) in [4.78, 5) is 4.02. The number of aliphatic hydroxyl groups is 1. The van der Waals surface area contributed by atoms with Gasteiger partial charge in [0.05, 0.1) is 18.0 Å². The molecule has 1 aromatic heterocycles. The van der Waals surface area contributed by atoms with Crippen LogP contribution in [0.25, 0.3) is 0 Å². The molecule has 2 aromatic rings. The van der Waals surface area contributed by atoms with Gasteiger partial charge in [0.15, 0.2) is 0 Å². The first-order chi connectivity index (χ1) is 8.20. The Morgan fingerprint density at radius 3 is 2.71 bits per heavy atom. The van der Waals surface area contributed by atoms with E-state index in [4.69, 9.17) is 5.26 Å². The largest absolute Gasteiger partial charge is 0.374 e. The van der Waals surface area contributed by atoms with Gasteiger partial charge in [-0.1, -0.05) is 12.1 Å². The molecular weight excluding hydrogens is 214 g/mol. The fourth-order valence-electron chi connectivity index (χ4n) is 1.71. The second kappa shape index (κ2) is 4.81. The number of imidazole rings is 1. The van der Waals surface area contributed by atoms with Crippen LogP contribution in [0.3, 0.4) is 0 Å². The van der Waals surface area contributed by atoms with Crippen LogP contribution >= 0.6 is 0 Å². The standard InChI is InChI=1S/C13H13N3O/c1-10(17)16-9-15-8-13(16)6-11-2-4-12(7-14)5-3-11/h2-5,8-10,17H,6H2,1H3. The number of hydrogen-bond donors (Lipinski definition) is 1. The van der Waals surface area contributed by atoms with Gasteiger partial charge in [-0.15, -0.1) is 0 Å². The molecule has 0 radical (unpaired) electrons. The molecule has 0 spiro atoms. The van der Waals surface area contributed by atoms with Crippen LogP contribution in [-0.2, 0) is 6.42 Å². The number of hydrogen-bond acceptors (Lipinski definition) is 3. The third-order valence-corrected chi connectivity index (χ3v) is 2.62. The van der Waals surface area contributed by atoms with Crippen molar-refractivity contribution in [1.82, 2.24) is 9.55 Å². The number of benzene rings is 1. The first kappa shape index (κ1) is 11.4. The lowest BCUT2D eigenvalue weighted by Crippen LogP contribution is -2.07. The van der Waals surface area contributed by atoms with Crippen LogP contribution < -0.4 is 0 Å². The first-order valence-corrected chi connectivity index (χ1v) is 5.38. The maximum Gasteiger partial charge on any atom is 0.129 e. The molecule has 0 aliphatic heterocycles. The van der Waals surface area contributed by atoms with E-state index in [0.29, 0.717) is 12.0 Å². The second-order valence-electron chi connectivity index (χ2n) is 3.91. The molecule has 17 heavy (non-hydrogen) atoms. The molecule has 86 valence electrons. The number of aromatic nitrogens is 2. The van der Waals surface area contributed by atoms with E-state index < -0.39 is 6.23 Å². The van der Waals surface area contributed by atoms with Gasteiger partial charge in [0.2, 0.25) is 0 Å². The zero-order chi connectivity index (χ0) is 12.3. The average molecular weight is 227 g/mol. The smallest absolute Gasteiger partial charge is 0.129 e. The van der Waals surface area contributed by atoms with E-state index in [-0.39, 0.29) is 0 Å². The van der Waals surface area contributed by atoms with Crippen molar-refractivity contribution in [1.29, 1.82) is 5.26 Å². The van der Waals surface area contributed by atoms with Gasteiger partial charge in [0, 0.05) is 18.3 Å². The Labute approximate surface area is 99.8 Å². The summed E-state index contributed by atoms with van der Waals surface area (Å²) in [5.74, 6) is 0. The minimum absolute atomic E-state index is 0.578. The van der Waals surface area contributed by atoms with E-state index in [1.807, 2.05) is 12.1 Å². The van der Waals surface area contributed by atoms with Crippen LogP contribution in [0.5, 0.6) is 0 Å². The van der Waals surface area contributed by atoms with Gasteiger partial charge < -0.3 is 9.67 Å². The van der Waals surface area contributed by atoms with Crippen LogP contribution in [0.2, 0.25) is 0 Å². The molecule has 0 bridgehead atoms. The molecule has 0 aliphatic carbocycles. The summed E-state index contributed by atoms with van der Waals surface area (Å²) in [5.41, 5.74) is 2.69. The average Bonchev–Trinajstić information content (AvgIpc) is 2.78. The molecule has 0 amide bonds. The number of rotatable bonds is 3. The highest BCUT2D eigenvalue weighted by atomic mass is 16.3. The van der Waals surface area contributed by atoms with E-state index >= 15 is 0 Å². The lowest BCUT2D eigenvalue weighted by Gasteiger charge is -2.10. The summed E-state index contributed by atoms with van der Waals surface area (Å²) < 4.78 is 1.72. The summed E-state index contributed by atoms with van der Waals surface area (Å²) in [6.45, 7) is 1.70. The molecule has 0 saturated heterocycles. The predicted molar refractivity (Wildman–Crippen MR) is 63.1 cm³/mol. The minimum atomic E-state index is -0.578. The number of aliphatic hydroxyl groups excluding tert-OH is 1. The van der Waals surface area contributed by atoms with E-state index in [0.717, 1.165) is 11.3 Å². The minimum Gasteiger partial charge on any atom is -0.374 e. The Balaban J connectivity index is 2.20. The van der Waals surface area contributed by atoms with Gasteiger partial charge >= 0.3 is 0 Å². The molecule has 4 heteroatoms. The molecule has 1 heterocycles. The summed E-state index contributed by atoms with van der Waals surface area (Å²) in [5, 5.41) is 18.2. The zero-order valence-electron chi connectivity index (χ0n) is 9.54. The Kier molecular flexibility index (Phi) is 3.22. The van der Waals surface area contributed by atoms with Gasteiger partial charge in [-0.05, 0) is 24.6 Å². The topological polar surface area (TPSA) is 61.8 Å². The molecule has 4 nitrogen and oxygen atoms in total. The maximum absolute atomic E-state index is 9.53. The monoisotopic (exact) mass is 227 g/mol. The highest BCUT2D eigenvalue weighted by molar-refractivity contribution is 5.33. The van der Waals surface area contributed by atoms with Gasteiger partial charge in [-0.25, -0.2) is 4.98 Å². The molecule has 0 aliphatic rings. The normalized spacial score (nSPS) is 12.1. The predicted octanol–water partition coefficient (Wildman–Crippen LogP) is 1.86. The molecule has 1 aromatic carbocycles. The van der Waals surface area contributed by atoms with Crippen molar-refractivity contribution in [3.63, 3.8) is 0 Å². The number of nitrogens with zero attached hydrogens (tertiary/aromatic N) is 3. The van der Waals surface area contributed by atoms with Gasteiger partial charge in [-0.2, -0.15) is 5.26 Å². The Morgan fingerprint density at radius 2 is 2.12 bits per heavy atom. The maximum atomic E-state index is 9.53. The zero-order valence-corrected chi connectivity index (χ0v) is 9.54. The summed E-state index contributed by atoms with van der Waals surface area (Å²) in [6.07, 6.45) is 3.47. The van der Waals surface area contributed by atoms with E-state index in [9.17, 15) is 5.11 Å².